The predicted molar refractivity (Wildman–Crippen MR) is 75.6 cm³/mol. The molecule has 2 N–H and O–H groups in total. The van der Waals surface area contributed by atoms with Gasteiger partial charge in [-0.2, -0.15) is 21.2 Å². The van der Waals surface area contributed by atoms with Gasteiger partial charge in [0.05, 0.1) is 0 Å². The Morgan fingerprint density at radius 1 is 1.50 bits per heavy atom. The van der Waals surface area contributed by atoms with Gasteiger partial charge in [0.1, 0.15) is 5.56 Å². The Labute approximate surface area is 121 Å². The Kier molecular flexibility index (Phi) is 4.12. The summed E-state index contributed by atoms with van der Waals surface area (Å²) in [6, 6.07) is -0.197. The molecule has 1 fully saturated rings. The van der Waals surface area contributed by atoms with Gasteiger partial charge in [0.15, 0.2) is 0 Å². The van der Waals surface area contributed by atoms with E-state index in [0.717, 1.165) is 0 Å². The lowest BCUT2D eigenvalue weighted by Crippen LogP contribution is -2.48. The zero-order valence-corrected chi connectivity index (χ0v) is 13.1. The van der Waals surface area contributed by atoms with E-state index >= 15 is 0 Å². The molecule has 2 rings (SSSR count). The molecule has 1 saturated heterocycles. The Morgan fingerprint density at radius 3 is 2.75 bits per heavy atom. The highest BCUT2D eigenvalue weighted by Crippen LogP contribution is 2.30. The summed E-state index contributed by atoms with van der Waals surface area (Å²) in [7, 11) is -3.90. The van der Waals surface area contributed by atoms with Crippen molar-refractivity contribution in [3.63, 3.8) is 0 Å². The van der Waals surface area contributed by atoms with Crippen molar-refractivity contribution >= 4 is 27.8 Å². The number of carbonyl (C=O) groups is 1. The summed E-state index contributed by atoms with van der Waals surface area (Å²) in [5, 5.41) is 15.1. The standard InChI is InChI=1S/C11H17N3O4S2/c1-6-9(11(15)16)10(13-12-6)20(17,18)14-4-5-19-8(3)7(14)2/h7-8H,4-5H2,1-3H3,(H,12,13)(H,15,16). The second-order valence-corrected chi connectivity index (χ2v) is 8.06. The minimum atomic E-state index is -3.90. The second kappa shape index (κ2) is 5.38. The van der Waals surface area contributed by atoms with Gasteiger partial charge < -0.3 is 5.11 Å². The second-order valence-electron chi connectivity index (χ2n) is 4.77. The molecule has 0 bridgehead atoms. The number of hydrogen-bond donors (Lipinski definition) is 2. The van der Waals surface area contributed by atoms with Crippen molar-refractivity contribution in [1.82, 2.24) is 14.5 Å². The molecule has 0 amide bonds. The number of rotatable bonds is 3. The molecule has 0 radical (unpaired) electrons. The average molecular weight is 319 g/mol. The van der Waals surface area contributed by atoms with E-state index in [-0.39, 0.29) is 22.5 Å². The van der Waals surface area contributed by atoms with Crippen LogP contribution in [0.15, 0.2) is 5.03 Å². The molecule has 0 aliphatic carbocycles. The number of aromatic amines is 1. The number of aromatic nitrogens is 2. The number of sulfonamides is 1. The summed E-state index contributed by atoms with van der Waals surface area (Å²) < 4.78 is 26.6. The number of thioether (sulfide) groups is 1. The van der Waals surface area contributed by atoms with Gasteiger partial charge in [-0.3, -0.25) is 5.10 Å². The molecule has 1 aliphatic rings. The van der Waals surface area contributed by atoms with E-state index in [4.69, 9.17) is 5.11 Å². The highest BCUT2D eigenvalue weighted by molar-refractivity contribution is 8.00. The van der Waals surface area contributed by atoms with Crippen LogP contribution >= 0.6 is 11.8 Å². The van der Waals surface area contributed by atoms with Crippen LogP contribution in [0.25, 0.3) is 0 Å². The van der Waals surface area contributed by atoms with Crippen LogP contribution in [0.2, 0.25) is 0 Å². The fourth-order valence-electron chi connectivity index (χ4n) is 2.20. The van der Waals surface area contributed by atoms with Gasteiger partial charge in [0.25, 0.3) is 10.0 Å². The zero-order valence-electron chi connectivity index (χ0n) is 11.5. The SMILES string of the molecule is Cc1[nH]nc(S(=O)(=O)N2CCSC(C)C2C)c1C(=O)O. The van der Waals surface area contributed by atoms with Gasteiger partial charge in [-0.15, -0.1) is 0 Å². The van der Waals surface area contributed by atoms with E-state index in [9.17, 15) is 13.2 Å². The molecule has 2 heterocycles. The Bertz CT molecular complexity index is 626. The minimum absolute atomic E-state index is 0.159. The molecule has 7 nitrogen and oxygen atoms in total. The van der Waals surface area contributed by atoms with Crippen molar-refractivity contribution in [1.29, 1.82) is 0 Å². The highest BCUT2D eigenvalue weighted by atomic mass is 32.2. The van der Waals surface area contributed by atoms with E-state index in [1.807, 2.05) is 13.8 Å². The first-order valence-corrected chi connectivity index (χ1v) is 8.67. The number of carboxylic acid groups (broad SMARTS) is 1. The quantitative estimate of drug-likeness (QED) is 0.859. The molecule has 0 saturated carbocycles. The van der Waals surface area contributed by atoms with Crippen LogP contribution in [0.1, 0.15) is 29.9 Å². The predicted octanol–water partition coefficient (Wildman–Crippen LogP) is 0.931. The van der Waals surface area contributed by atoms with Crippen molar-refractivity contribution in [2.45, 2.75) is 37.1 Å². The normalized spacial score (nSPS) is 24.8. The van der Waals surface area contributed by atoms with Gasteiger partial charge in [0, 0.05) is 29.3 Å². The lowest BCUT2D eigenvalue weighted by Gasteiger charge is -2.35. The summed E-state index contributed by atoms with van der Waals surface area (Å²) in [6.07, 6.45) is 0. The molecule has 1 aromatic heterocycles. The summed E-state index contributed by atoms with van der Waals surface area (Å²) in [5.41, 5.74) is -0.0359. The molecule has 112 valence electrons. The van der Waals surface area contributed by atoms with Crippen molar-refractivity contribution < 1.29 is 18.3 Å². The fourth-order valence-corrected chi connectivity index (χ4v) is 5.33. The van der Waals surface area contributed by atoms with E-state index in [1.165, 1.54) is 11.2 Å². The molecule has 0 spiro atoms. The molecule has 0 aromatic carbocycles. The van der Waals surface area contributed by atoms with Crippen LogP contribution in [0, 0.1) is 6.92 Å². The van der Waals surface area contributed by atoms with E-state index in [1.54, 1.807) is 11.8 Å². The number of H-pyrrole nitrogens is 1. The first-order valence-electron chi connectivity index (χ1n) is 6.18. The smallest absolute Gasteiger partial charge is 0.340 e. The van der Waals surface area contributed by atoms with Crippen molar-refractivity contribution in [2.75, 3.05) is 12.3 Å². The third kappa shape index (κ3) is 2.45. The summed E-state index contributed by atoms with van der Waals surface area (Å²) in [4.78, 5) is 11.2. The van der Waals surface area contributed by atoms with Gasteiger partial charge >= 0.3 is 5.97 Å². The maximum absolute atomic E-state index is 12.7. The highest BCUT2D eigenvalue weighted by Gasteiger charge is 2.39. The largest absolute Gasteiger partial charge is 0.478 e. The van der Waals surface area contributed by atoms with Gasteiger partial charge in [-0.05, 0) is 13.8 Å². The van der Waals surface area contributed by atoms with Crippen LogP contribution in [0.3, 0.4) is 0 Å². The van der Waals surface area contributed by atoms with Crippen molar-refractivity contribution in [3.8, 4) is 0 Å². The zero-order chi connectivity index (χ0) is 15.1. The van der Waals surface area contributed by atoms with Gasteiger partial charge in [0.2, 0.25) is 5.03 Å². The summed E-state index contributed by atoms with van der Waals surface area (Å²) in [6.45, 7) is 5.65. The van der Waals surface area contributed by atoms with E-state index in [0.29, 0.717) is 12.3 Å². The molecule has 20 heavy (non-hydrogen) atoms. The molecule has 2 unspecified atom stereocenters. The van der Waals surface area contributed by atoms with Gasteiger partial charge in [-0.1, -0.05) is 6.92 Å². The average Bonchev–Trinajstić information content (AvgIpc) is 2.75. The maximum Gasteiger partial charge on any atom is 0.340 e. The lowest BCUT2D eigenvalue weighted by atomic mass is 10.2. The fraction of sp³-hybridized carbons (Fsp3) is 0.636. The monoisotopic (exact) mass is 319 g/mol. The van der Waals surface area contributed by atoms with Crippen molar-refractivity contribution in [2.24, 2.45) is 0 Å². The summed E-state index contributed by atoms with van der Waals surface area (Å²) >= 11 is 1.71. The minimum Gasteiger partial charge on any atom is -0.478 e. The number of carboxylic acids is 1. The third-order valence-electron chi connectivity index (χ3n) is 3.51. The lowest BCUT2D eigenvalue weighted by molar-refractivity contribution is 0.0691. The Morgan fingerprint density at radius 2 is 2.15 bits per heavy atom. The first-order chi connectivity index (χ1) is 9.26. The number of aromatic carboxylic acids is 1. The number of aryl methyl sites for hydroxylation is 1. The molecular weight excluding hydrogens is 302 g/mol. The maximum atomic E-state index is 12.7. The Balaban J connectivity index is 2.48. The van der Waals surface area contributed by atoms with Crippen LogP contribution in [0.5, 0.6) is 0 Å². The number of nitrogens with zero attached hydrogens (tertiary/aromatic N) is 2. The molecule has 2 atom stereocenters. The van der Waals surface area contributed by atoms with Crippen LogP contribution < -0.4 is 0 Å². The number of nitrogens with one attached hydrogen (secondary N) is 1. The van der Waals surface area contributed by atoms with Crippen LogP contribution in [-0.2, 0) is 10.0 Å². The van der Waals surface area contributed by atoms with E-state index < -0.39 is 21.0 Å². The molecule has 1 aromatic rings. The Hall–Kier alpha value is -1.06. The van der Waals surface area contributed by atoms with Gasteiger partial charge in [-0.25, -0.2) is 13.2 Å². The van der Waals surface area contributed by atoms with E-state index in [2.05, 4.69) is 10.2 Å². The molecule has 1 aliphatic heterocycles. The molecular formula is C11H17N3O4S2. The van der Waals surface area contributed by atoms with Crippen LogP contribution in [-0.4, -0.2) is 57.6 Å². The number of hydrogen-bond acceptors (Lipinski definition) is 5. The molecule has 9 heteroatoms. The van der Waals surface area contributed by atoms with Crippen LogP contribution in [0.4, 0.5) is 0 Å². The summed E-state index contributed by atoms with van der Waals surface area (Å²) in [5.74, 6) is -0.599. The topological polar surface area (TPSA) is 103 Å². The van der Waals surface area contributed by atoms with Crippen molar-refractivity contribution in [3.05, 3.63) is 11.3 Å². The third-order valence-corrected chi connectivity index (χ3v) is 6.76. The first kappa shape index (κ1) is 15.3.